The van der Waals surface area contributed by atoms with E-state index in [0.29, 0.717) is 12.7 Å². The fourth-order valence-corrected chi connectivity index (χ4v) is 3.60. The molecule has 0 aromatic heterocycles. The number of unbranched alkanes of at least 4 members (excludes halogenated alkanes) is 9. The topological polar surface area (TPSA) is 44.8 Å². The molecule has 0 rings (SSSR count). The zero-order valence-corrected chi connectivity index (χ0v) is 17.3. The molecular weight excluding hydrogens is 323 g/mol. The van der Waals surface area contributed by atoms with Gasteiger partial charge in [-0.2, -0.15) is 0 Å². The molecule has 24 heavy (non-hydrogen) atoms. The molecule has 0 radical (unpaired) electrons. The zero-order chi connectivity index (χ0) is 18.3. The van der Waals surface area contributed by atoms with Gasteiger partial charge in [0.05, 0.1) is 18.8 Å². The van der Waals surface area contributed by atoms with Gasteiger partial charge >= 0.3 is 0 Å². The lowest BCUT2D eigenvalue weighted by Crippen LogP contribution is -2.03. The average molecular weight is 363 g/mol. The van der Waals surface area contributed by atoms with E-state index in [2.05, 4.69) is 20.5 Å². The monoisotopic (exact) mass is 363 g/mol. The quantitative estimate of drug-likeness (QED) is 0.163. The lowest BCUT2D eigenvalue weighted by Gasteiger charge is -2.22. The van der Waals surface area contributed by atoms with Crippen LogP contribution in [0.25, 0.3) is 0 Å². The second-order valence-corrected chi connectivity index (χ2v) is 8.74. The number of ether oxygens (including phenoxy) is 1. The molecule has 0 aromatic carbocycles. The highest BCUT2D eigenvalue weighted by atomic mass is 31.2. The van der Waals surface area contributed by atoms with Gasteiger partial charge in [0.25, 0.3) is 0 Å². The lowest BCUT2D eigenvalue weighted by atomic mass is 10.1. The van der Waals surface area contributed by atoms with Gasteiger partial charge in [-0.05, 0) is 40.5 Å². The van der Waals surface area contributed by atoms with E-state index < -0.39 is 7.60 Å². The molecule has 0 saturated heterocycles. The second kappa shape index (κ2) is 15.4. The van der Waals surface area contributed by atoms with Crippen molar-refractivity contribution >= 4 is 7.60 Å². The Morgan fingerprint density at radius 1 is 0.708 bits per heavy atom. The van der Waals surface area contributed by atoms with E-state index in [0.717, 1.165) is 19.4 Å². The lowest BCUT2D eigenvalue weighted by molar-refractivity contribution is 0.0756. The Morgan fingerprint density at radius 2 is 1.12 bits per heavy atom. The molecule has 0 heterocycles. The van der Waals surface area contributed by atoms with Crippen molar-refractivity contribution in [2.45, 2.75) is 104 Å². The molecule has 146 valence electrons. The van der Waals surface area contributed by atoms with Gasteiger partial charge < -0.3 is 13.8 Å². The molecule has 0 aliphatic carbocycles. The highest BCUT2D eigenvalue weighted by Crippen LogP contribution is 2.47. The number of hydrogen-bond acceptors (Lipinski definition) is 4. The first-order valence-electron chi connectivity index (χ1n) is 9.72. The first kappa shape index (κ1) is 24.1. The second-order valence-electron chi connectivity index (χ2n) is 7.05. The maximum atomic E-state index is 11.8. The van der Waals surface area contributed by atoms with Gasteiger partial charge in [-0.15, -0.1) is 0 Å². The Labute approximate surface area is 150 Å². The standard InChI is InChI=1S/C19H40O4P/c1-18(2)21-16-14-12-10-8-6-7-9-11-13-15-17-22-24(5,20)23-19(3)4/h18-19H,5-17H2,1-4H3/q-1. The van der Waals surface area contributed by atoms with Crippen LogP contribution in [0.3, 0.4) is 0 Å². The molecular formula is C19H40O4P-. The van der Waals surface area contributed by atoms with Gasteiger partial charge in [0.1, 0.15) is 0 Å². The molecule has 0 aromatic rings. The molecule has 1 atom stereocenters. The van der Waals surface area contributed by atoms with Crippen LogP contribution in [-0.2, 0) is 18.3 Å². The molecule has 0 bridgehead atoms. The van der Waals surface area contributed by atoms with Gasteiger partial charge in [-0.3, -0.25) is 4.57 Å². The molecule has 0 N–H and O–H groups in total. The van der Waals surface area contributed by atoms with Gasteiger partial charge in [-0.25, -0.2) is 6.66 Å². The van der Waals surface area contributed by atoms with Crippen molar-refractivity contribution in [2.75, 3.05) is 13.2 Å². The van der Waals surface area contributed by atoms with Crippen LogP contribution in [-0.4, -0.2) is 25.4 Å². The summed E-state index contributed by atoms with van der Waals surface area (Å²) < 4.78 is 27.8. The summed E-state index contributed by atoms with van der Waals surface area (Å²) >= 11 is 0. The zero-order valence-electron chi connectivity index (χ0n) is 16.4. The highest BCUT2D eigenvalue weighted by molar-refractivity contribution is 7.55. The first-order chi connectivity index (χ1) is 11.3. The van der Waals surface area contributed by atoms with Crippen LogP contribution in [0.2, 0.25) is 0 Å². The third-order valence-electron chi connectivity index (χ3n) is 3.65. The third kappa shape index (κ3) is 18.4. The summed E-state index contributed by atoms with van der Waals surface area (Å²) in [5.41, 5.74) is 0. The Morgan fingerprint density at radius 3 is 1.54 bits per heavy atom. The first-order valence-corrected chi connectivity index (χ1v) is 11.5. The smallest absolute Gasteiger partial charge is 0.184 e. The molecule has 0 fully saturated rings. The van der Waals surface area contributed by atoms with E-state index in [9.17, 15) is 4.57 Å². The molecule has 0 amide bonds. The van der Waals surface area contributed by atoms with Crippen LogP contribution in [0.15, 0.2) is 0 Å². The predicted octanol–water partition coefficient (Wildman–Crippen LogP) is 6.74. The SMILES string of the molecule is [CH2-]P(=O)(OCCCCCCCCCCCCOC(C)C)OC(C)C. The maximum Gasteiger partial charge on any atom is 0.184 e. The minimum atomic E-state index is -3.10. The van der Waals surface area contributed by atoms with E-state index in [1.54, 1.807) is 0 Å². The van der Waals surface area contributed by atoms with Crippen molar-refractivity contribution in [3.05, 3.63) is 6.66 Å². The van der Waals surface area contributed by atoms with Crippen LogP contribution >= 0.6 is 7.60 Å². The summed E-state index contributed by atoms with van der Waals surface area (Å²) in [6.07, 6.45) is 12.6. The minimum Gasteiger partial charge on any atom is -0.379 e. The van der Waals surface area contributed by atoms with E-state index in [4.69, 9.17) is 13.8 Å². The summed E-state index contributed by atoms with van der Waals surface area (Å²) in [4.78, 5) is 0. The van der Waals surface area contributed by atoms with Gasteiger partial charge in [-0.1, -0.05) is 51.4 Å². The van der Waals surface area contributed by atoms with Gasteiger partial charge in [0, 0.05) is 6.61 Å². The molecule has 4 nitrogen and oxygen atoms in total. The van der Waals surface area contributed by atoms with E-state index >= 15 is 0 Å². The van der Waals surface area contributed by atoms with Crippen molar-refractivity contribution in [2.24, 2.45) is 0 Å². The maximum absolute atomic E-state index is 11.8. The number of hydrogen-bond donors (Lipinski definition) is 0. The Balaban J connectivity index is 3.22. The fraction of sp³-hybridized carbons (Fsp3) is 0.947. The summed E-state index contributed by atoms with van der Waals surface area (Å²) in [5, 5.41) is 0. The predicted molar refractivity (Wildman–Crippen MR) is 102 cm³/mol. The van der Waals surface area contributed by atoms with Crippen LogP contribution in [0, 0.1) is 6.66 Å². The van der Waals surface area contributed by atoms with Crippen LogP contribution < -0.4 is 0 Å². The summed E-state index contributed by atoms with van der Waals surface area (Å²) in [6.45, 7) is 12.7. The summed E-state index contributed by atoms with van der Waals surface area (Å²) in [5.74, 6) is 0. The van der Waals surface area contributed by atoms with Gasteiger partial charge in [0.15, 0.2) is 7.60 Å². The largest absolute Gasteiger partial charge is 0.379 e. The Bertz CT molecular complexity index is 318. The van der Waals surface area contributed by atoms with Crippen molar-refractivity contribution in [1.82, 2.24) is 0 Å². The average Bonchev–Trinajstić information content (AvgIpc) is 2.45. The van der Waals surface area contributed by atoms with Crippen molar-refractivity contribution in [3.63, 3.8) is 0 Å². The van der Waals surface area contributed by atoms with Gasteiger partial charge in [0.2, 0.25) is 0 Å². The van der Waals surface area contributed by atoms with Crippen molar-refractivity contribution in [3.8, 4) is 0 Å². The van der Waals surface area contributed by atoms with Crippen LogP contribution in [0.4, 0.5) is 0 Å². The van der Waals surface area contributed by atoms with E-state index in [1.165, 1.54) is 51.4 Å². The van der Waals surface area contributed by atoms with Crippen molar-refractivity contribution in [1.29, 1.82) is 0 Å². The van der Waals surface area contributed by atoms with Crippen LogP contribution in [0.1, 0.15) is 91.9 Å². The third-order valence-corrected chi connectivity index (χ3v) is 4.97. The van der Waals surface area contributed by atoms with E-state index in [1.807, 2.05) is 13.8 Å². The minimum absolute atomic E-state index is 0.115. The Hall–Kier alpha value is 0.110. The molecule has 0 saturated carbocycles. The summed E-state index contributed by atoms with van der Waals surface area (Å²) in [7, 11) is -3.10. The molecule has 1 unspecified atom stereocenters. The molecule has 0 spiro atoms. The normalized spacial score (nSPS) is 14.5. The highest BCUT2D eigenvalue weighted by Gasteiger charge is 2.10. The fourth-order valence-electron chi connectivity index (χ4n) is 2.49. The molecule has 0 aliphatic heterocycles. The molecule has 5 heteroatoms. The van der Waals surface area contributed by atoms with E-state index in [-0.39, 0.29) is 6.10 Å². The van der Waals surface area contributed by atoms with Crippen LogP contribution in [0.5, 0.6) is 0 Å². The molecule has 0 aliphatic rings. The summed E-state index contributed by atoms with van der Waals surface area (Å²) in [6, 6.07) is 0. The van der Waals surface area contributed by atoms with Crippen molar-refractivity contribution < 1.29 is 18.3 Å². The number of rotatable bonds is 17. The Kier molecular flexibility index (Phi) is 15.4.